The van der Waals surface area contributed by atoms with Gasteiger partial charge in [-0.05, 0) is 12.2 Å². The van der Waals surface area contributed by atoms with Crippen LogP contribution in [0.25, 0.3) is 5.70 Å². The van der Waals surface area contributed by atoms with Gasteiger partial charge < -0.3 is 4.98 Å². The van der Waals surface area contributed by atoms with Crippen LogP contribution in [0.2, 0.25) is 0 Å². The molecule has 0 amide bonds. The highest BCUT2D eigenvalue weighted by Gasteiger charge is 2.16. The quantitative estimate of drug-likeness (QED) is 0.723. The summed E-state index contributed by atoms with van der Waals surface area (Å²) in [6, 6.07) is 0. The van der Waals surface area contributed by atoms with Gasteiger partial charge in [-0.2, -0.15) is 0 Å². The number of alkyl halides is 1. The maximum absolute atomic E-state index is 13.3. The summed E-state index contributed by atoms with van der Waals surface area (Å²) in [5, 5.41) is 0. The summed E-state index contributed by atoms with van der Waals surface area (Å²) in [5.74, 6) is -0.117. The molecule has 3 nitrogen and oxygen atoms in total. The SMILES string of the molecule is CC1C=CC(n2cc[nH]c2=O)=CC1F. The van der Waals surface area contributed by atoms with E-state index < -0.39 is 6.17 Å². The third-order valence-electron chi connectivity index (χ3n) is 2.33. The van der Waals surface area contributed by atoms with Gasteiger partial charge in [0, 0.05) is 24.0 Å². The van der Waals surface area contributed by atoms with Crippen LogP contribution in [0.1, 0.15) is 6.92 Å². The fourth-order valence-electron chi connectivity index (χ4n) is 1.41. The van der Waals surface area contributed by atoms with E-state index in [9.17, 15) is 9.18 Å². The van der Waals surface area contributed by atoms with Crippen molar-refractivity contribution in [1.29, 1.82) is 0 Å². The average Bonchev–Trinajstić information content (AvgIpc) is 2.57. The Bertz CT molecular complexity index is 441. The Labute approximate surface area is 80.6 Å². The third kappa shape index (κ3) is 1.43. The van der Waals surface area contributed by atoms with Crippen molar-refractivity contribution in [3.8, 4) is 0 Å². The van der Waals surface area contributed by atoms with Crippen LogP contribution < -0.4 is 5.69 Å². The minimum absolute atomic E-state index is 0.117. The largest absolute Gasteiger partial charge is 0.330 e. The molecule has 74 valence electrons. The number of hydrogen-bond donors (Lipinski definition) is 1. The van der Waals surface area contributed by atoms with Gasteiger partial charge in [0.15, 0.2) is 0 Å². The van der Waals surface area contributed by atoms with Gasteiger partial charge in [-0.15, -0.1) is 0 Å². The van der Waals surface area contributed by atoms with E-state index in [1.54, 1.807) is 25.3 Å². The molecule has 2 rings (SSSR count). The second-order valence-corrected chi connectivity index (χ2v) is 3.39. The molecule has 0 aliphatic heterocycles. The van der Waals surface area contributed by atoms with E-state index in [4.69, 9.17) is 0 Å². The van der Waals surface area contributed by atoms with Gasteiger partial charge in [-0.3, -0.25) is 4.57 Å². The van der Waals surface area contributed by atoms with E-state index in [-0.39, 0.29) is 11.6 Å². The van der Waals surface area contributed by atoms with Crippen LogP contribution in [0, 0.1) is 5.92 Å². The minimum Gasteiger partial charge on any atom is -0.312 e. The van der Waals surface area contributed by atoms with Gasteiger partial charge in [-0.1, -0.05) is 13.0 Å². The van der Waals surface area contributed by atoms with Crippen molar-refractivity contribution in [3.05, 3.63) is 41.1 Å². The molecule has 2 unspecified atom stereocenters. The van der Waals surface area contributed by atoms with Crippen molar-refractivity contribution in [2.24, 2.45) is 5.92 Å². The van der Waals surface area contributed by atoms with Crippen LogP contribution in [-0.2, 0) is 0 Å². The lowest BCUT2D eigenvalue weighted by Crippen LogP contribution is -2.19. The van der Waals surface area contributed by atoms with Crippen molar-refractivity contribution >= 4 is 5.70 Å². The van der Waals surface area contributed by atoms with Crippen LogP contribution in [0.5, 0.6) is 0 Å². The number of halogens is 1. The molecule has 0 aromatic carbocycles. The molecule has 2 atom stereocenters. The zero-order valence-corrected chi connectivity index (χ0v) is 7.77. The Kier molecular flexibility index (Phi) is 2.11. The van der Waals surface area contributed by atoms with Gasteiger partial charge in [0.25, 0.3) is 0 Å². The Morgan fingerprint density at radius 3 is 2.93 bits per heavy atom. The lowest BCUT2D eigenvalue weighted by Gasteiger charge is -2.15. The average molecular weight is 194 g/mol. The molecule has 4 heteroatoms. The normalized spacial score (nSPS) is 26.3. The maximum Gasteiger partial charge on any atom is 0.330 e. The molecule has 1 aliphatic carbocycles. The summed E-state index contributed by atoms with van der Waals surface area (Å²) >= 11 is 0. The summed E-state index contributed by atoms with van der Waals surface area (Å²) in [6.45, 7) is 1.80. The number of nitrogens with one attached hydrogen (secondary N) is 1. The van der Waals surface area contributed by atoms with Crippen molar-refractivity contribution < 1.29 is 4.39 Å². The minimum atomic E-state index is -1.02. The molecule has 0 bridgehead atoms. The van der Waals surface area contributed by atoms with Crippen LogP contribution >= 0.6 is 0 Å². The molecule has 0 radical (unpaired) electrons. The molecule has 0 saturated heterocycles. The van der Waals surface area contributed by atoms with E-state index in [1.165, 1.54) is 16.8 Å². The molecular weight excluding hydrogens is 183 g/mol. The van der Waals surface area contributed by atoms with E-state index >= 15 is 0 Å². The predicted octanol–water partition coefficient (Wildman–Crippen LogP) is 1.56. The van der Waals surface area contributed by atoms with Gasteiger partial charge in [0.1, 0.15) is 6.17 Å². The number of rotatable bonds is 1. The van der Waals surface area contributed by atoms with E-state index in [0.717, 1.165) is 0 Å². The number of hydrogen-bond acceptors (Lipinski definition) is 1. The number of aromatic amines is 1. The Hall–Kier alpha value is -1.58. The Morgan fingerprint density at radius 2 is 2.36 bits per heavy atom. The van der Waals surface area contributed by atoms with Crippen LogP contribution in [-0.4, -0.2) is 15.7 Å². The molecule has 1 aromatic heterocycles. The third-order valence-corrected chi connectivity index (χ3v) is 2.33. The first kappa shape index (κ1) is 8.99. The molecule has 14 heavy (non-hydrogen) atoms. The zero-order chi connectivity index (χ0) is 10.1. The monoisotopic (exact) mass is 194 g/mol. The fourth-order valence-corrected chi connectivity index (χ4v) is 1.41. The Morgan fingerprint density at radius 1 is 1.57 bits per heavy atom. The summed E-state index contributed by atoms with van der Waals surface area (Å²) < 4.78 is 14.7. The molecule has 1 aromatic rings. The van der Waals surface area contributed by atoms with Crippen molar-refractivity contribution in [2.75, 3.05) is 0 Å². The molecule has 0 fully saturated rings. The van der Waals surface area contributed by atoms with Gasteiger partial charge in [-0.25, -0.2) is 9.18 Å². The van der Waals surface area contributed by atoms with Crippen LogP contribution in [0.4, 0.5) is 4.39 Å². The molecule has 1 aliphatic rings. The highest BCUT2D eigenvalue weighted by molar-refractivity contribution is 5.59. The smallest absolute Gasteiger partial charge is 0.312 e. The summed E-state index contributed by atoms with van der Waals surface area (Å²) in [5.41, 5.74) is 0.338. The number of allylic oxidation sites excluding steroid dienone is 4. The lowest BCUT2D eigenvalue weighted by atomic mass is 10.00. The molecule has 0 spiro atoms. The lowest BCUT2D eigenvalue weighted by molar-refractivity contribution is 0.334. The maximum atomic E-state index is 13.3. The molecular formula is C10H11FN2O. The molecule has 1 heterocycles. The predicted molar refractivity (Wildman–Crippen MR) is 52.5 cm³/mol. The summed E-state index contributed by atoms with van der Waals surface area (Å²) in [4.78, 5) is 13.7. The molecule has 1 N–H and O–H groups in total. The highest BCUT2D eigenvalue weighted by atomic mass is 19.1. The number of imidazole rings is 1. The van der Waals surface area contributed by atoms with Crippen LogP contribution in [0.15, 0.2) is 35.4 Å². The topological polar surface area (TPSA) is 37.8 Å². The van der Waals surface area contributed by atoms with Gasteiger partial charge in [0.2, 0.25) is 0 Å². The van der Waals surface area contributed by atoms with Gasteiger partial charge >= 0.3 is 5.69 Å². The first-order valence-corrected chi connectivity index (χ1v) is 4.49. The van der Waals surface area contributed by atoms with Gasteiger partial charge in [0.05, 0.1) is 0 Å². The number of nitrogens with zero attached hydrogens (tertiary/aromatic N) is 1. The fraction of sp³-hybridized carbons (Fsp3) is 0.300. The van der Waals surface area contributed by atoms with Crippen LogP contribution in [0.3, 0.4) is 0 Å². The standard InChI is InChI=1S/C10H11FN2O/c1-7-2-3-8(6-9(7)11)13-5-4-12-10(13)14/h2-7,9H,1H3,(H,12,14). The van der Waals surface area contributed by atoms with E-state index in [2.05, 4.69) is 4.98 Å². The van der Waals surface area contributed by atoms with Crippen molar-refractivity contribution in [1.82, 2.24) is 9.55 Å². The zero-order valence-electron chi connectivity index (χ0n) is 7.77. The first-order valence-electron chi connectivity index (χ1n) is 4.49. The van der Waals surface area contributed by atoms with E-state index in [1.807, 2.05) is 0 Å². The van der Waals surface area contributed by atoms with Crippen molar-refractivity contribution in [3.63, 3.8) is 0 Å². The van der Waals surface area contributed by atoms with Crippen molar-refractivity contribution in [2.45, 2.75) is 13.1 Å². The second kappa shape index (κ2) is 3.29. The van der Waals surface area contributed by atoms with E-state index in [0.29, 0.717) is 5.70 Å². The number of H-pyrrole nitrogens is 1. The Balaban J connectivity index is 2.39. The summed E-state index contributed by atoms with van der Waals surface area (Å²) in [6.07, 6.45) is 7.08. The molecule has 0 saturated carbocycles. The second-order valence-electron chi connectivity index (χ2n) is 3.39. The summed E-state index contributed by atoms with van der Waals surface area (Å²) in [7, 11) is 0. The number of aromatic nitrogens is 2. The first-order chi connectivity index (χ1) is 6.68. The highest BCUT2D eigenvalue weighted by Crippen LogP contribution is 2.20.